The third kappa shape index (κ3) is 1.99. The van der Waals surface area contributed by atoms with Crippen molar-refractivity contribution in [2.75, 3.05) is 0 Å². The summed E-state index contributed by atoms with van der Waals surface area (Å²) in [6.07, 6.45) is 0. The van der Waals surface area contributed by atoms with Gasteiger partial charge in [-0.2, -0.15) is 0 Å². The third-order valence-corrected chi connectivity index (χ3v) is 2.80. The summed E-state index contributed by atoms with van der Waals surface area (Å²) in [4.78, 5) is 11.1. The van der Waals surface area contributed by atoms with Gasteiger partial charge in [-0.3, -0.25) is 0 Å². The lowest BCUT2D eigenvalue weighted by Gasteiger charge is -2.11. The Balaban J connectivity index is 2.66. The number of carboxylic acid groups (broad SMARTS) is 1. The topological polar surface area (TPSA) is 68.0 Å². The first kappa shape index (κ1) is 12.3. The molecule has 2 aromatic rings. The van der Waals surface area contributed by atoms with E-state index in [1.54, 1.807) is 4.68 Å². The number of carbonyl (C=O) groups is 1. The zero-order valence-electron chi connectivity index (χ0n) is 10.6. The highest BCUT2D eigenvalue weighted by Gasteiger charge is 2.22. The fourth-order valence-electron chi connectivity index (χ4n) is 1.94. The van der Waals surface area contributed by atoms with Crippen molar-refractivity contribution < 1.29 is 9.90 Å². The van der Waals surface area contributed by atoms with E-state index in [1.807, 2.05) is 45.0 Å². The molecule has 0 amide bonds. The molecule has 0 fully saturated rings. The largest absolute Gasteiger partial charge is 0.476 e. The Morgan fingerprint density at radius 1 is 1.33 bits per heavy atom. The second kappa shape index (κ2) is 4.60. The van der Waals surface area contributed by atoms with Crippen molar-refractivity contribution in [2.45, 2.75) is 26.7 Å². The summed E-state index contributed by atoms with van der Waals surface area (Å²) >= 11 is 0. The first-order chi connectivity index (χ1) is 8.52. The number of aromatic carboxylic acids is 1. The van der Waals surface area contributed by atoms with Gasteiger partial charge in [0, 0.05) is 0 Å². The Hall–Kier alpha value is -2.17. The summed E-state index contributed by atoms with van der Waals surface area (Å²) < 4.78 is 1.61. The van der Waals surface area contributed by atoms with Crippen molar-refractivity contribution in [3.05, 3.63) is 41.2 Å². The molecular weight excluding hydrogens is 230 g/mol. The third-order valence-electron chi connectivity index (χ3n) is 2.80. The first-order valence-corrected chi connectivity index (χ1v) is 5.77. The van der Waals surface area contributed by atoms with Gasteiger partial charge < -0.3 is 5.11 Å². The molecule has 94 valence electrons. The van der Waals surface area contributed by atoms with Crippen LogP contribution in [0.2, 0.25) is 0 Å². The van der Waals surface area contributed by atoms with Crippen LogP contribution in [-0.4, -0.2) is 26.1 Å². The molecule has 0 aliphatic heterocycles. The van der Waals surface area contributed by atoms with E-state index in [4.69, 9.17) is 5.11 Å². The van der Waals surface area contributed by atoms with Gasteiger partial charge >= 0.3 is 5.97 Å². The molecule has 1 aromatic heterocycles. The molecule has 0 saturated carbocycles. The highest BCUT2D eigenvalue weighted by Crippen LogP contribution is 2.23. The number of para-hydroxylation sites is 1. The van der Waals surface area contributed by atoms with Crippen molar-refractivity contribution in [3.8, 4) is 5.69 Å². The second-order valence-electron chi connectivity index (χ2n) is 4.48. The summed E-state index contributed by atoms with van der Waals surface area (Å²) in [7, 11) is 0. The standard InChI is InChI=1S/C13H15N3O2/c1-8(2)12-11(13(17)18)14-15-16(12)10-7-5-4-6-9(10)3/h4-8H,1-3H3,(H,17,18). The molecule has 2 rings (SSSR count). The number of hydrogen-bond donors (Lipinski definition) is 1. The smallest absolute Gasteiger partial charge is 0.358 e. The van der Waals surface area contributed by atoms with Crippen molar-refractivity contribution in [3.63, 3.8) is 0 Å². The van der Waals surface area contributed by atoms with Gasteiger partial charge in [-0.1, -0.05) is 37.3 Å². The number of nitrogens with zero attached hydrogens (tertiary/aromatic N) is 3. The fraction of sp³-hybridized carbons (Fsp3) is 0.308. The molecular formula is C13H15N3O2. The zero-order chi connectivity index (χ0) is 13.3. The van der Waals surface area contributed by atoms with Gasteiger partial charge in [0.15, 0.2) is 5.69 Å². The van der Waals surface area contributed by atoms with Crippen molar-refractivity contribution >= 4 is 5.97 Å². The van der Waals surface area contributed by atoms with Crippen molar-refractivity contribution in [1.82, 2.24) is 15.0 Å². The maximum atomic E-state index is 11.1. The lowest BCUT2D eigenvalue weighted by Crippen LogP contribution is -2.09. The van der Waals surface area contributed by atoms with Gasteiger partial charge in [-0.15, -0.1) is 5.10 Å². The lowest BCUT2D eigenvalue weighted by atomic mass is 10.1. The van der Waals surface area contributed by atoms with Crippen LogP contribution in [0.15, 0.2) is 24.3 Å². The SMILES string of the molecule is Cc1ccccc1-n1nnc(C(=O)O)c1C(C)C. The molecule has 0 unspecified atom stereocenters. The van der Waals surface area contributed by atoms with Crippen LogP contribution in [0.25, 0.3) is 5.69 Å². The molecule has 0 aliphatic rings. The summed E-state index contributed by atoms with van der Waals surface area (Å²) in [5.74, 6) is -1.01. The minimum Gasteiger partial charge on any atom is -0.476 e. The molecule has 0 saturated heterocycles. The quantitative estimate of drug-likeness (QED) is 0.901. The highest BCUT2D eigenvalue weighted by atomic mass is 16.4. The van der Waals surface area contributed by atoms with Crippen molar-refractivity contribution in [2.24, 2.45) is 0 Å². The molecule has 5 nitrogen and oxygen atoms in total. The number of carboxylic acids is 1. The fourth-order valence-corrected chi connectivity index (χ4v) is 1.94. The molecule has 0 radical (unpaired) electrons. The highest BCUT2D eigenvalue weighted by molar-refractivity contribution is 5.86. The average molecular weight is 245 g/mol. The Morgan fingerprint density at radius 2 is 2.00 bits per heavy atom. The predicted octanol–water partition coefficient (Wildman–Crippen LogP) is 2.40. The monoisotopic (exact) mass is 245 g/mol. The van der Waals surface area contributed by atoms with E-state index < -0.39 is 5.97 Å². The van der Waals surface area contributed by atoms with E-state index in [1.165, 1.54) is 0 Å². The minimum atomic E-state index is -1.04. The van der Waals surface area contributed by atoms with Gasteiger partial charge in [-0.25, -0.2) is 9.48 Å². The molecule has 0 bridgehead atoms. The van der Waals surface area contributed by atoms with Crippen LogP contribution in [0, 0.1) is 6.92 Å². The van der Waals surface area contributed by atoms with Crippen LogP contribution < -0.4 is 0 Å². The van der Waals surface area contributed by atoms with Gasteiger partial charge in [0.25, 0.3) is 0 Å². The maximum absolute atomic E-state index is 11.1. The molecule has 1 aromatic carbocycles. The summed E-state index contributed by atoms with van der Waals surface area (Å²) in [6, 6.07) is 7.70. The number of aromatic nitrogens is 3. The van der Waals surface area contributed by atoms with E-state index in [0.29, 0.717) is 5.69 Å². The van der Waals surface area contributed by atoms with Gasteiger partial charge in [0.05, 0.1) is 11.4 Å². The van der Waals surface area contributed by atoms with E-state index in [9.17, 15) is 4.79 Å². The Kier molecular flexibility index (Phi) is 3.14. The van der Waals surface area contributed by atoms with E-state index in [0.717, 1.165) is 11.3 Å². The second-order valence-corrected chi connectivity index (χ2v) is 4.48. The predicted molar refractivity (Wildman–Crippen MR) is 67.1 cm³/mol. The van der Waals surface area contributed by atoms with Crippen LogP contribution in [0.4, 0.5) is 0 Å². The van der Waals surface area contributed by atoms with Crippen LogP contribution >= 0.6 is 0 Å². The van der Waals surface area contributed by atoms with E-state index in [-0.39, 0.29) is 11.6 Å². The molecule has 0 aliphatic carbocycles. The van der Waals surface area contributed by atoms with E-state index in [2.05, 4.69) is 10.3 Å². The minimum absolute atomic E-state index is 0.0215. The van der Waals surface area contributed by atoms with Crippen LogP contribution in [0.5, 0.6) is 0 Å². The number of benzene rings is 1. The molecule has 5 heteroatoms. The van der Waals surface area contributed by atoms with Crippen LogP contribution in [0.3, 0.4) is 0 Å². The van der Waals surface area contributed by atoms with Crippen molar-refractivity contribution in [1.29, 1.82) is 0 Å². The van der Waals surface area contributed by atoms with E-state index >= 15 is 0 Å². The molecule has 0 spiro atoms. The number of hydrogen-bond acceptors (Lipinski definition) is 3. The molecule has 0 atom stereocenters. The lowest BCUT2D eigenvalue weighted by molar-refractivity contribution is 0.0688. The Labute approximate surface area is 105 Å². The Morgan fingerprint density at radius 3 is 2.56 bits per heavy atom. The van der Waals surface area contributed by atoms with Crippen LogP contribution in [-0.2, 0) is 0 Å². The first-order valence-electron chi connectivity index (χ1n) is 5.77. The molecule has 1 N–H and O–H groups in total. The van der Waals surface area contributed by atoms with Gasteiger partial charge in [0.1, 0.15) is 0 Å². The van der Waals surface area contributed by atoms with Gasteiger partial charge in [0.2, 0.25) is 0 Å². The normalized spacial score (nSPS) is 10.9. The summed E-state index contributed by atoms with van der Waals surface area (Å²) in [6.45, 7) is 5.82. The summed E-state index contributed by atoms with van der Waals surface area (Å²) in [5.41, 5.74) is 2.53. The maximum Gasteiger partial charge on any atom is 0.358 e. The molecule has 18 heavy (non-hydrogen) atoms. The number of rotatable bonds is 3. The van der Waals surface area contributed by atoms with Crippen LogP contribution in [0.1, 0.15) is 41.5 Å². The number of aryl methyl sites for hydroxylation is 1. The zero-order valence-corrected chi connectivity index (χ0v) is 10.6. The van der Waals surface area contributed by atoms with Gasteiger partial charge in [-0.05, 0) is 24.5 Å². The summed E-state index contributed by atoms with van der Waals surface area (Å²) in [5, 5.41) is 16.9. The molecule has 1 heterocycles. The Bertz CT molecular complexity index is 588. The average Bonchev–Trinajstić information content (AvgIpc) is 2.74.